The van der Waals surface area contributed by atoms with Gasteiger partial charge in [0.2, 0.25) is 11.8 Å². The molecule has 1 saturated carbocycles. The number of halogens is 1. The first-order valence-corrected chi connectivity index (χ1v) is 26.6. The Kier molecular flexibility index (Phi) is 14.3. The van der Waals surface area contributed by atoms with E-state index in [2.05, 4.69) is 44.0 Å². The molecule has 1 N–H and O–H groups in total. The molecule has 5 fully saturated rings. The maximum atomic E-state index is 17.4. The molecular formula is C56H68FN9O6. The first kappa shape index (κ1) is 48.3. The number of anilines is 2. The van der Waals surface area contributed by atoms with Crippen molar-refractivity contribution in [2.45, 2.75) is 103 Å². The lowest BCUT2D eigenvalue weighted by Gasteiger charge is -2.36. The van der Waals surface area contributed by atoms with Crippen molar-refractivity contribution in [2.24, 2.45) is 11.8 Å². The summed E-state index contributed by atoms with van der Waals surface area (Å²) in [5.41, 5.74) is 4.93. The molecule has 3 aromatic carbocycles. The van der Waals surface area contributed by atoms with E-state index in [0.29, 0.717) is 59.5 Å². The standard InChI is InChI=1S/C56H68FN9O6/c1-3-38-10-8-11-39-28-43(72-35-70-2)29-45(49(38)39)51-50(57)52-46(30-58-51)53(65-31-36-13-14-37(26-36)32-65)61-56(60-52)71-34-42-12-9-21-63(42)20-7-5-4-6-19-62-22-24-64(25-23-62)41-15-16-44-40(27-41)33-66(55(44)69)47-17-18-48(67)59-54(47)68/h8,10-11,15-16,27-30,36-37,42,47H,3-7,9,12-14,17-26,31-35H2,1-2H3,(H,59,67,68)/t36?,37?,42-,47-/m0/s1. The summed E-state index contributed by atoms with van der Waals surface area (Å²) in [6, 6.07) is 15.9. The molecule has 2 bridgehead atoms. The summed E-state index contributed by atoms with van der Waals surface area (Å²) >= 11 is 0. The number of hydrogen-bond donors (Lipinski definition) is 1. The molecule has 5 aromatic rings. The van der Waals surface area contributed by atoms with Gasteiger partial charge in [-0.05, 0) is 141 Å². The fourth-order valence-corrected chi connectivity index (χ4v) is 12.6. The highest BCUT2D eigenvalue weighted by Crippen LogP contribution is 2.42. The quantitative estimate of drug-likeness (QED) is 0.0520. The molecule has 380 valence electrons. The average Bonchev–Trinajstić information content (AvgIpc) is 4.10. The van der Waals surface area contributed by atoms with Crippen molar-refractivity contribution in [3.05, 3.63) is 77.2 Å². The summed E-state index contributed by atoms with van der Waals surface area (Å²) in [5.74, 6) is 1.23. The second kappa shape index (κ2) is 21.2. The number of carbonyl (C=O) groups is 3. The molecule has 11 rings (SSSR count). The molecule has 3 amide bonds. The lowest BCUT2D eigenvalue weighted by Crippen LogP contribution is -2.52. The van der Waals surface area contributed by atoms with Crippen molar-refractivity contribution in [1.29, 1.82) is 0 Å². The summed E-state index contributed by atoms with van der Waals surface area (Å²) < 4.78 is 35.1. The highest BCUT2D eigenvalue weighted by atomic mass is 19.1. The molecule has 0 spiro atoms. The van der Waals surface area contributed by atoms with Crippen molar-refractivity contribution in [3.63, 3.8) is 0 Å². The molecule has 2 unspecified atom stereocenters. The number of carbonyl (C=O) groups excluding carboxylic acids is 3. The Hall–Kier alpha value is -5.97. The second-order valence-electron chi connectivity index (χ2n) is 21.0. The number of benzene rings is 3. The normalized spacial score (nSPS) is 22.7. The highest BCUT2D eigenvalue weighted by molar-refractivity contribution is 6.06. The Morgan fingerprint density at radius 1 is 0.833 bits per heavy atom. The van der Waals surface area contributed by atoms with Crippen LogP contribution in [0.1, 0.15) is 99.0 Å². The topological polar surface area (TPSA) is 146 Å². The largest absolute Gasteiger partial charge is 0.468 e. The number of nitrogens with one attached hydrogen (secondary N) is 1. The van der Waals surface area contributed by atoms with Crippen LogP contribution in [0.5, 0.6) is 11.8 Å². The van der Waals surface area contributed by atoms with E-state index < -0.39 is 11.9 Å². The van der Waals surface area contributed by atoms with Crippen molar-refractivity contribution >= 4 is 50.9 Å². The number of aromatic nitrogens is 3. The van der Waals surface area contributed by atoms with Crippen molar-refractivity contribution in [3.8, 4) is 23.0 Å². The Bertz CT molecular complexity index is 2830. The monoisotopic (exact) mass is 982 g/mol. The van der Waals surface area contributed by atoms with Crippen LogP contribution in [0.25, 0.3) is 32.9 Å². The number of piperidine rings is 2. The molecular weight excluding hydrogens is 914 g/mol. The number of piperazine rings is 1. The van der Waals surface area contributed by atoms with Gasteiger partial charge >= 0.3 is 6.01 Å². The number of pyridine rings is 1. The number of unbranched alkanes of at least 4 members (excludes halogenated alkanes) is 3. The number of methoxy groups -OCH3 is 1. The van der Waals surface area contributed by atoms with Gasteiger partial charge in [-0.15, -0.1) is 0 Å². The molecule has 2 aromatic heterocycles. The Balaban J connectivity index is 0.694. The van der Waals surface area contributed by atoms with E-state index in [4.69, 9.17) is 29.2 Å². The van der Waals surface area contributed by atoms with E-state index in [-0.39, 0.29) is 54.2 Å². The summed E-state index contributed by atoms with van der Waals surface area (Å²) in [7, 11) is 1.58. The predicted molar refractivity (Wildman–Crippen MR) is 275 cm³/mol. The van der Waals surface area contributed by atoms with Crippen molar-refractivity contribution < 1.29 is 33.0 Å². The molecule has 72 heavy (non-hydrogen) atoms. The van der Waals surface area contributed by atoms with Gasteiger partial charge in [0.15, 0.2) is 12.6 Å². The molecule has 1 aliphatic carbocycles. The van der Waals surface area contributed by atoms with Gasteiger partial charge in [0.1, 0.15) is 35.4 Å². The van der Waals surface area contributed by atoms with Gasteiger partial charge in [-0.1, -0.05) is 38.0 Å². The van der Waals surface area contributed by atoms with Crippen LogP contribution in [0.4, 0.5) is 15.9 Å². The fraction of sp³-hybridized carbons (Fsp3) is 0.536. The van der Waals surface area contributed by atoms with Gasteiger partial charge < -0.3 is 28.9 Å². The first-order chi connectivity index (χ1) is 35.2. The number of nitrogens with zero attached hydrogens (tertiary/aromatic N) is 8. The third kappa shape index (κ3) is 9.93. The summed E-state index contributed by atoms with van der Waals surface area (Å²) in [4.78, 5) is 63.6. The Labute approximate surface area is 421 Å². The van der Waals surface area contributed by atoms with Crippen molar-refractivity contribution in [2.75, 3.05) is 89.2 Å². The number of imide groups is 1. The van der Waals surface area contributed by atoms with Crippen LogP contribution in [0.2, 0.25) is 0 Å². The molecule has 0 radical (unpaired) electrons. The van der Waals surface area contributed by atoms with Crippen LogP contribution in [-0.4, -0.2) is 139 Å². The van der Waals surface area contributed by atoms with Gasteiger partial charge in [-0.2, -0.15) is 9.97 Å². The van der Waals surface area contributed by atoms with Gasteiger partial charge in [-0.25, -0.2) is 4.39 Å². The third-order valence-electron chi connectivity index (χ3n) is 16.4. The summed E-state index contributed by atoms with van der Waals surface area (Å²) in [5, 5.41) is 4.89. The summed E-state index contributed by atoms with van der Waals surface area (Å²) in [6.45, 7) is 11.8. The number of likely N-dealkylation sites (tertiary alicyclic amines) is 1. The number of aryl methyl sites for hydroxylation is 1. The highest BCUT2D eigenvalue weighted by Gasteiger charge is 2.40. The third-order valence-corrected chi connectivity index (χ3v) is 16.4. The van der Waals surface area contributed by atoms with Gasteiger partial charge in [0.05, 0.1) is 5.39 Å². The van der Waals surface area contributed by atoms with Gasteiger partial charge in [0.25, 0.3) is 5.91 Å². The predicted octanol–water partition coefficient (Wildman–Crippen LogP) is 7.75. The van der Waals surface area contributed by atoms with Gasteiger partial charge in [-0.3, -0.25) is 34.5 Å². The Morgan fingerprint density at radius 2 is 1.65 bits per heavy atom. The molecule has 5 aliphatic heterocycles. The zero-order chi connectivity index (χ0) is 49.3. The summed E-state index contributed by atoms with van der Waals surface area (Å²) in [6.07, 6.45) is 13.7. The molecule has 15 nitrogen and oxygen atoms in total. The molecule has 16 heteroatoms. The van der Waals surface area contributed by atoms with E-state index in [1.807, 2.05) is 36.4 Å². The minimum absolute atomic E-state index is 0.0738. The lowest BCUT2D eigenvalue weighted by atomic mass is 9.95. The first-order valence-electron chi connectivity index (χ1n) is 26.6. The number of ether oxygens (including phenoxy) is 3. The van der Waals surface area contributed by atoms with E-state index in [9.17, 15) is 14.4 Å². The zero-order valence-corrected chi connectivity index (χ0v) is 41.9. The lowest BCUT2D eigenvalue weighted by molar-refractivity contribution is -0.136. The number of hydrogen-bond acceptors (Lipinski definition) is 13. The molecule has 4 atom stereocenters. The fourth-order valence-electron chi connectivity index (χ4n) is 12.6. The van der Waals surface area contributed by atoms with Crippen LogP contribution in [0.3, 0.4) is 0 Å². The van der Waals surface area contributed by atoms with E-state index >= 15 is 4.39 Å². The maximum absolute atomic E-state index is 17.4. The molecule has 4 saturated heterocycles. The van der Waals surface area contributed by atoms with E-state index in [1.54, 1.807) is 18.2 Å². The SMILES string of the molecule is CCc1cccc2cc(OCOC)cc(-c3ncc4c(N5CC6CCC(C6)C5)nc(OC[C@@H]5CCCN5CCCCCCN5CCN(c6ccc7c(c6)CN([C@H]6CCC(=O)NC6=O)C7=O)CC5)nc4c3F)c12. The van der Waals surface area contributed by atoms with Crippen LogP contribution >= 0.6 is 0 Å². The van der Waals surface area contributed by atoms with Gasteiger partial charge in [0, 0.05) is 88.4 Å². The maximum Gasteiger partial charge on any atom is 0.319 e. The minimum atomic E-state index is -0.601. The minimum Gasteiger partial charge on any atom is -0.468 e. The van der Waals surface area contributed by atoms with Crippen molar-refractivity contribution in [1.82, 2.24) is 35.0 Å². The second-order valence-corrected chi connectivity index (χ2v) is 21.0. The smallest absolute Gasteiger partial charge is 0.319 e. The average molecular weight is 982 g/mol. The van der Waals surface area contributed by atoms with E-state index in [1.165, 1.54) is 38.5 Å². The molecule has 7 heterocycles. The zero-order valence-electron chi connectivity index (χ0n) is 41.9. The van der Waals surface area contributed by atoms with Crippen LogP contribution in [0.15, 0.2) is 54.7 Å². The Morgan fingerprint density at radius 3 is 2.44 bits per heavy atom. The number of rotatable bonds is 18. The molecule has 6 aliphatic rings. The number of amides is 3. The van der Waals surface area contributed by atoms with Crippen LogP contribution < -0.4 is 24.6 Å². The van der Waals surface area contributed by atoms with E-state index in [0.717, 1.165) is 112 Å². The van der Waals surface area contributed by atoms with Crippen LogP contribution in [0, 0.1) is 17.7 Å². The number of fused-ring (bicyclic) bond motifs is 5. The van der Waals surface area contributed by atoms with Crippen LogP contribution in [-0.2, 0) is 27.3 Å².